The van der Waals surface area contributed by atoms with Gasteiger partial charge < -0.3 is 0 Å². The third kappa shape index (κ3) is 2.97. The average molecular weight is 251 g/mol. The van der Waals surface area contributed by atoms with Crippen molar-refractivity contribution in [2.24, 2.45) is 0 Å². The number of hydrogen-bond donors (Lipinski definition) is 0. The van der Waals surface area contributed by atoms with Crippen LogP contribution in [0.25, 0.3) is 0 Å². The minimum absolute atomic E-state index is 0.00990. The Morgan fingerprint density at radius 2 is 1.58 bits per heavy atom. The lowest BCUT2D eigenvalue weighted by atomic mass is 9.94. The molecule has 0 aliphatic heterocycles. The largest absolute Gasteiger partial charge is 0.299 e. The van der Waals surface area contributed by atoms with Gasteiger partial charge in [0.2, 0.25) is 0 Å². The van der Waals surface area contributed by atoms with E-state index in [2.05, 4.69) is 6.92 Å². The number of ketones is 2. The fourth-order valence-electron chi connectivity index (χ4n) is 1.89. The van der Waals surface area contributed by atoms with Gasteiger partial charge in [-0.25, -0.2) is 0 Å². The van der Waals surface area contributed by atoms with E-state index in [-0.39, 0.29) is 11.6 Å². The van der Waals surface area contributed by atoms with Crippen LogP contribution in [0.4, 0.5) is 0 Å². The standard InChI is InChI=1S/C17H15O2/c1-12(13(2)18)15-9-6-10-16(11-15)17(19)14-7-4-3-5-8-14/h3-12H,1H2,2H3/t12-/m1/s1. The Bertz CT molecular complexity index is 600. The Kier molecular flexibility index (Phi) is 3.91. The zero-order chi connectivity index (χ0) is 13.8. The van der Waals surface area contributed by atoms with Gasteiger partial charge in [-0.1, -0.05) is 48.5 Å². The molecular weight excluding hydrogens is 236 g/mol. The zero-order valence-electron chi connectivity index (χ0n) is 10.8. The van der Waals surface area contributed by atoms with E-state index >= 15 is 0 Å². The second kappa shape index (κ2) is 5.61. The van der Waals surface area contributed by atoms with E-state index in [1.165, 1.54) is 6.92 Å². The highest BCUT2D eigenvalue weighted by Crippen LogP contribution is 2.19. The molecule has 19 heavy (non-hydrogen) atoms. The highest BCUT2D eigenvalue weighted by atomic mass is 16.1. The van der Waals surface area contributed by atoms with E-state index in [1.54, 1.807) is 30.3 Å². The Balaban J connectivity index is 2.34. The lowest BCUT2D eigenvalue weighted by Gasteiger charge is -2.09. The quantitative estimate of drug-likeness (QED) is 0.780. The summed E-state index contributed by atoms with van der Waals surface area (Å²) in [5.74, 6) is -0.481. The van der Waals surface area contributed by atoms with Gasteiger partial charge in [-0.3, -0.25) is 9.59 Å². The normalized spacial score (nSPS) is 11.9. The Morgan fingerprint density at radius 3 is 2.21 bits per heavy atom. The first kappa shape index (κ1) is 13.2. The summed E-state index contributed by atoms with van der Waals surface area (Å²) in [6, 6.07) is 16.2. The Morgan fingerprint density at radius 1 is 0.947 bits per heavy atom. The van der Waals surface area contributed by atoms with Crippen molar-refractivity contribution in [2.45, 2.75) is 12.8 Å². The van der Waals surface area contributed by atoms with Crippen LogP contribution >= 0.6 is 0 Å². The van der Waals surface area contributed by atoms with Crippen molar-refractivity contribution in [3.63, 3.8) is 0 Å². The van der Waals surface area contributed by atoms with Crippen molar-refractivity contribution < 1.29 is 9.59 Å². The van der Waals surface area contributed by atoms with Gasteiger partial charge in [0, 0.05) is 17.0 Å². The summed E-state index contributed by atoms with van der Waals surface area (Å²) in [6.07, 6.45) is 0. The van der Waals surface area contributed by atoms with Crippen LogP contribution < -0.4 is 0 Å². The third-order valence-electron chi connectivity index (χ3n) is 3.08. The molecule has 0 spiro atoms. The highest BCUT2D eigenvalue weighted by molar-refractivity contribution is 6.09. The van der Waals surface area contributed by atoms with Gasteiger partial charge in [0.15, 0.2) is 5.78 Å². The van der Waals surface area contributed by atoms with Crippen LogP contribution in [0.5, 0.6) is 0 Å². The molecule has 95 valence electrons. The Labute approximate surface area is 113 Å². The molecule has 0 saturated heterocycles. The van der Waals surface area contributed by atoms with Gasteiger partial charge in [-0.05, 0) is 25.5 Å². The molecule has 0 aliphatic carbocycles. The maximum atomic E-state index is 12.3. The summed E-state index contributed by atoms with van der Waals surface area (Å²) >= 11 is 0. The van der Waals surface area contributed by atoms with E-state index in [0.29, 0.717) is 11.1 Å². The molecule has 0 unspecified atom stereocenters. The predicted molar refractivity (Wildman–Crippen MR) is 75.1 cm³/mol. The summed E-state index contributed by atoms with van der Waals surface area (Å²) in [7, 11) is 0. The van der Waals surface area contributed by atoms with Gasteiger partial charge in [0.05, 0.1) is 0 Å². The second-order valence-corrected chi connectivity index (χ2v) is 4.48. The molecule has 2 rings (SSSR count). The number of carbonyl (C=O) groups is 2. The van der Waals surface area contributed by atoms with Crippen LogP contribution in [0.1, 0.15) is 34.3 Å². The number of hydrogen-bond acceptors (Lipinski definition) is 2. The van der Waals surface area contributed by atoms with E-state index in [4.69, 9.17) is 0 Å². The first-order valence-electron chi connectivity index (χ1n) is 6.13. The minimum Gasteiger partial charge on any atom is -0.299 e. The molecule has 1 radical (unpaired) electrons. The fourth-order valence-corrected chi connectivity index (χ4v) is 1.89. The maximum Gasteiger partial charge on any atom is 0.193 e. The number of Topliss-reactive ketones (excluding diaryl/α,β-unsaturated/α-hetero) is 1. The van der Waals surface area contributed by atoms with Crippen molar-refractivity contribution in [2.75, 3.05) is 0 Å². The predicted octanol–water partition coefficient (Wildman–Crippen LogP) is 3.42. The molecule has 2 heteroatoms. The summed E-state index contributed by atoms with van der Waals surface area (Å²) in [5.41, 5.74) is 2.00. The molecule has 0 aromatic heterocycles. The van der Waals surface area contributed by atoms with E-state index in [9.17, 15) is 9.59 Å². The van der Waals surface area contributed by atoms with Crippen molar-refractivity contribution in [3.05, 3.63) is 78.2 Å². The highest BCUT2D eigenvalue weighted by Gasteiger charge is 2.14. The molecule has 0 heterocycles. The van der Waals surface area contributed by atoms with E-state index in [0.717, 1.165) is 5.56 Å². The van der Waals surface area contributed by atoms with Crippen molar-refractivity contribution >= 4 is 11.6 Å². The molecule has 1 atom stereocenters. The lowest BCUT2D eigenvalue weighted by Crippen LogP contribution is -2.07. The average Bonchev–Trinajstić information content (AvgIpc) is 2.46. The smallest absolute Gasteiger partial charge is 0.193 e. The molecule has 0 aliphatic rings. The van der Waals surface area contributed by atoms with Gasteiger partial charge in [-0.15, -0.1) is 0 Å². The summed E-state index contributed by atoms with van der Waals surface area (Å²) in [4.78, 5) is 23.6. The molecule has 0 N–H and O–H groups in total. The van der Waals surface area contributed by atoms with E-state index in [1.807, 2.05) is 24.3 Å². The van der Waals surface area contributed by atoms with Crippen molar-refractivity contribution in [1.29, 1.82) is 0 Å². The third-order valence-corrected chi connectivity index (χ3v) is 3.08. The first-order valence-corrected chi connectivity index (χ1v) is 6.13. The van der Waals surface area contributed by atoms with Crippen LogP contribution in [0.15, 0.2) is 54.6 Å². The van der Waals surface area contributed by atoms with Crippen LogP contribution in [0.3, 0.4) is 0 Å². The SMILES string of the molecule is [CH2][C@H](C(C)=O)c1cccc(C(=O)c2ccccc2)c1. The number of rotatable bonds is 4. The lowest BCUT2D eigenvalue weighted by molar-refractivity contribution is -0.117. The van der Waals surface area contributed by atoms with Crippen LogP contribution in [0, 0.1) is 6.92 Å². The molecule has 2 aromatic rings. The summed E-state index contributed by atoms with van der Waals surface area (Å²) in [6.45, 7) is 5.32. The van der Waals surface area contributed by atoms with Gasteiger partial charge in [0.25, 0.3) is 0 Å². The van der Waals surface area contributed by atoms with Gasteiger partial charge in [-0.2, -0.15) is 0 Å². The minimum atomic E-state index is -0.427. The van der Waals surface area contributed by atoms with Gasteiger partial charge in [0.1, 0.15) is 5.78 Å². The van der Waals surface area contributed by atoms with Crippen molar-refractivity contribution in [3.8, 4) is 0 Å². The number of carbonyl (C=O) groups excluding carboxylic acids is 2. The summed E-state index contributed by atoms with van der Waals surface area (Å²) in [5, 5.41) is 0. The molecule has 2 nitrogen and oxygen atoms in total. The molecule has 0 fully saturated rings. The van der Waals surface area contributed by atoms with Crippen molar-refractivity contribution in [1.82, 2.24) is 0 Å². The topological polar surface area (TPSA) is 34.1 Å². The number of benzene rings is 2. The maximum absolute atomic E-state index is 12.3. The zero-order valence-corrected chi connectivity index (χ0v) is 10.8. The van der Waals surface area contributed by atoms with Crippen LogP contribution in [0.2, 0.25) is 0 Å². The van der Waals surface area contributed by atoms with Gasteiger partial charge >= 0.3 is 0 Å². The first-order chi connectivity index (χ1) is 9.09. The molecule has 0 bridgehead atoms. The molecule has 0 saturated carbocycles. The monoisotopic (exact) mass is 251 g/mol. The van der Waals surface area contributed by atoms with E-state index < -0.39 is 5.92 Å². The molecular formula is C17H15O2. The second-order valence-electron chi connectivity index (χ2n) is 4.48. The summed E-state index contributed by atoms with van der Waals surface area (Å²) < 4.78 is 0. The fraction of sp³-hybridized carbons (Fsp3) is 0.118. The Hall–Kier alpha value is -2.22. The van der Waals surface area contributed by atoms with Crippen LogP contribution in [-0.4, -0.2) is 11.6 Å². The molecule has 2 aromatic carbocycles. The molecule has 0 amide bonds. The van der Waals surface area contributed by atoms with Crippen LogP contribution in [-0.2, 0) is 4.79 Å².